The quantitative estimate of drug-likeness (QED) is 0.793. The third-order valence-electron chi connectivity index (χ3n) is 1.71. The van der Waals surface area contributed by atoms with Gasteiger partial charge in [0.1, 0.15) is 0 Å². The van der Waals surface area contributed by atoms with Gasteiger partial charge in [-0.3, -0.25) is 0 Å². The summed E-state index contributed by atoms with van der Waals surface area (Å²) in [5.41, 5.74) is 3.62. The van der Waals surface area contributed by atoms with Crippen LogP contribution in [-0.4, -0.2) is 22.4 Å². The molecule has 0 saturated heterocycles. The lowest BCUT2D eigenvalue weighted by molar-refractivity contribution is -0.275. The summed E-state index contributed by atoms with van der Waals surface area (Å²) in [5.74, 6) is -4.34. The van der Waals surface area contributed by atoms with Gasteiger partial charge < -0.3 is 15.6 Å². The molecule has 0 spiro atoms. The number of halogens is 4. The Balaban J connectivity index is 3.35. The molecular weight excluding hydrogens is 248 g/mol. The number of alkyl halides is 3. The number of hydrogen-bond acceptors (Lipinski definition) is 4. The SMILES string of the molecule is NCc1c(C(=O)O)ncc(F)c1OC(F)(F)F. The van der Waals surface area contributed by atoms with Crippen LogP contribution in [0.5, 0.6) is 5.75 Å². The lowest BCUT2D eigenvalue weighted by Crippen LogP contribution is -2.21. The van der Waals surface area contributed by atoms with Gasteiger partial charge in [0, 0.05) is 12.1 Å². The van der Waals surface area contributed by atoms with Crippen molar-refractivity contribution in [2.45, 2.75) is 12.9 Å². The van der Waals surface area contributed by atoms with Crippen molar-refractivity contribution >= 4 is 5.97 Å². The maximum absolute atomic E-state index is 13.1. The molecule has 17 heavy (non-hydrogen) atoms. The third kappa shape index (κ3) is 3.03. The zero-order valence-corrected chi connectivity index (χ0v) is 8.08. The van der Waals surface area contributed by atoms with Crippen molar-refractivity contribution in [3.63, 3.8) is 0 Å². The van der Waals surface area contributed by atoms with Gasteiger partial charge in [0.15, 0.2) is 17.3 Å². The zero-order chi connectivity index (χ0) is 13.2. The van der Waals surface area contributed by atoms with Crippen LogP contribution in [0.4, 0.5) is 17.6 Å². The number of aromatic nitrogens is 1. The highest BCUT2D eigenvalue weighted by Crippen LogP contribution is 2.30. The van der Waals surface area contributed by atoms with Crippen LogP contribution in [0, 0.1) is 5.82 Å². The molecule has 0 amide bonds. The maximum Gasteiger partial charge on any atom is 0.573 e. The fourth-order valence-corrected chi connectivity index (χ4v) is 1.11. The summed E-state index contributed by atoms with van der Waals surface area (Å²) in [6.45, 7) is -0.655. The number of carboxylic acids is 1. The fourth-order valence-electron chi connectivity index (χ4n) is 1.11. The van der Waals surface area contributed by atoms with Crippen LogP contribution in [0.1, 0.15) is 16.1 Å². The highest BCUT2D eigenvalue weighted by Gasteiger charge is 2.34. The molecule has 0 aliphatic rings. The molecule has 0 atom stereocenters. The number of rotatable bonds is 3. The minimum Gasteiger partial charge on any atom is -0.476 e. The van der Waals surface area contributed by atoms with Gasteiger partial charge in [0.05, 0.1) is 6.20 Å². The Kier molecular flexibility index (Phi) is 3.51. The third-order valence-corrected chi connectivity index (χ3v) is 1.71. The average molecular weight is 254 g/mol. The molecule has 0 aromatic carbocycles. The molecule has 1 heterocycles. The summed E-state index contributed by atoms with van der Waals surface area (Å²) in [6, 6.07) is 0. The normalized spacial score (nSPS) is 11.4. The lowest BCUT2D eigenvalue weighted by Gasteiger charge is -2.14. The molecule has 1 rings (SSSR count). The first kappa shape index (κ1) is 13.2. The number of aromatic carboxylic acids is 1. The fraction of sp³-hybridized carbons (Fsp3) is 0.250. The number of hydrogen-bond donors (Lipinski definition) is 2. The van der Waals surface area contributed by atoms with Gasteiger partial charge in [0.25, 0.3) is 0 Å². The Hall–Kier alpha value is -1.90. The molecule has 5 nitrogen and oxygen atoms in total. The number of ether oxygens (including phenoxy) is 1. The Bertz CT molecular complexity index is 447. The van der Waals surface area contributed by atoms with E-state index < -0.39 is 41.7 Å². The highest BCUT2D eigenvalue weighted by atomic mass is 19.4. The molecule has 0 aliphatic heterocycles. The van der Waals surface area contributed by atoms with Crippen molar-refractivity contribution in [1.29, 1.82) is 0 Å². The molecule has 0 bridgehead atoms. The van der Waals surface area contributed by atoms with Gasteiger partial charge in [-0.15, -0.1) is 13.2 Å². The molecule has 1 aromatic rings. The Morgan fingerprint density at radius 2 is 2.12 bits per heavy atom. The smallest absolute Gasteiger partial charge is 0.476 e. The molecule has 0 radical (unpaired) electrons. The molecule has 0 saturated carbocycles. The van der Waals surface area contributed by atoms with Crippen LogP contribution in [0.15, 0.2) is 6.20 Å². The van der Waals surface area contributed by atoms with Crippen molar-refractivity contribution in [1.82, 2.24) is 4.98 Å². The highest BCUT2D eigenvalue weighted by molar-refractivity contribution is 5.87. The van der Waals surface area contributed by atoms with Crippen molar-refractivity contribution in [3.8, 4) is 5.75 Å². The second-order valence-electron chi connectivity index (χ2n) is 2.82. The summed E-state index contributed by atoms with van der Waals surface area (Å²) in [4.78, 5) is 13.8. The van der Waals surface area contributed by atoms with Crippen LogP contribution >= 0.6 is 0 Å². The van der Waals surface area contributed by atoms with Crippen molar-refractivity contribution in [2.75, 3.05) is 0 Å². The van der Waals surface area contributed by atoms with Gasteiger partial charge in [-0.05, 0) is 0 Å². The summed E-state index contributed by atoms with van der Waals surface area (Å²) < 4.78 is 52.4. The van der Waals surface area contributed by atoms with Crippen LogP contribution < -0.4 is 10.5 Å². The second kappa shape index (κ2) is 4.53. The van der Waals surface area contributed by atoms with E-state index >= 15 is 0 Å². The molecular formula is C8H6F4N2O3. The predicted octanol–water partition coefficient (Wildman–Crippen LogP) is 1.28. The van der Waals surface area contributed by atoms with E-state index in [1.54, 1.807) is 0 Å². The summed E-state index contributed by atoms with van der Waals surface area (Å²) in [5, 5.41) is 8.63. The molecule has 3 N–H and O–H groups in total. The summed E-state index contributed by atoms with van der Waals surface area (Å²) in [6.07, 6.45) is -4.83. The second-order valence-corrected chi connectivity index (χ2v) is 2.82. The van der Waals surface area contributed by atoms with E-state index in [1.807, 2.05) is 0 Å². The van der Waals surface area contributed by atoms with E-state index in [1.165, 1.54) is 0 Å². The lowest BCUT2D eigenvalue weighted by atomic mass is 10.1. The van der Waals surface area contributed by atoms with Gasteiger partial charge in [0.2, 0.25) is 0 Å². The minimum atomic E-state index is -5.15. The van der Waals surface area contributed by atoms with E-state index in [2.05, 4.69) is 9.72 Å². The van der Waals surface area contributed by atoms with Crippen LogP contribution in [0.3, 0.4) is 0 Å². The van der Waals surface area contributed by atoms with Crippen LogP contribution in [0.2, 0.25) is 0 Å². The number of nitrogens with two attached hydrogens (primary N) is 1. The van der Waals surface area contributed by atoms with Crippen LogP contribution in [-0.2, 0) is 6.54 Å². The van der Waals surface area contributed by atoms with Crippen molar-refractivity contribution in [2.24, 2.45) is 5.73 Å². The van der Waals surface area contributed by atoms with Crippen molar-refractivity contribution < 1.29 is 32.2 Å². The van der Waals surface area contributed by atoms with Crippen molar-refractivity contribution in [3.05, 3.63) is 23.3 Å². The topological polar surface area (TPSA) is 85.4 Å². The Morgan fingerprint density at radius 1 is 1.53 bits per heavy atom. The first-order chi connectivity index (χ1) is 7.76. The molecule has 9 heteroatoms. The first-order valence-electron chi connectivity index (χ1n) is 4.12. The molecule has 94 valence electrons. The zero-order valence-electron chi connectivity index (χ0n) is 8.08. The van der Waals surface area contributed by atoms with Gasteiger partial charge >= 0.3 is 12.3 Å². The van der Waals surface area contributed by atoms with E-state index in [-0.39, 0.29) is 0 Å². The maximum atomic E-state index is 13.1. The van der Waals surface area contributed by atoms with E-state index in [4.69, 9.17) is 10.8 Å². The standard InChI is InChI=1S/C8H6F4N2O3/c9-4-2-14-5(7(15)16)3(1-13)6(4)17-8(10,11)12/h2H,1,13H2,(H,15,16). The Morgan fingerprint density at radius 3 is 2.53 bits per heavy atom. The summed E-state index contributed by atoms with van der Waals surface area (Å²) in [7, 11) is 0. The van der Waals surface area contributed by atoms with E-state index in [0.717, 1.165) is 0 Å². The first-order valence-corrected chi connectivity index (χ1v) is 4.12. The largest absolute Gasteiger partial charge is 0.573 e. The van der Waals surface area contributed by atoms with Crippen LogP contribution in [0.25, 0.3) is 0 Å². The minimum absolute atomic E-state index is 0.323. The number of carbonyl (C=O) groups is 1. The number of carboxylic acid groups (broad SMARTS) is 1. The van der Waals surface area contributed by atoms with Gasteiger partial charge in [-0.2, -0.15) is 0 Å². The van der Waals surface area contributed by atoms with Gasteiger partial charge in [-0.25, -0.2) is 14.2 Å². The number of pyridine rings is 1. The van der Waals surface area contributed by atoms with Gasteiger partial charge in [-0.1, -0.05) is 0 Å². The van der Waals surface area contributed by atoms with E-state index in [9.17, 15) is 22.4 Å². The molecule has 0 unspecified atom stereocenters. The molecule has 0 fully saturated rings. The predicted molar refractivity (Wildman–Crippen MR) is 45.7 cm³/mol. The Labute approximate surface area is 91.8 Å². The van der Waals surface area contributed by atoms with E-state index in [0.29, 0.717) is 6.20 Å². The summed E-state index contributed by atoms with van der Waals surface area (Å²) >= 11 is 0. The monoisotopic (exact) mass is 254 g/mol. The number of nitrogens with zero attached hydrogens (tertiary/aromatic N) is 1. The average Bonchev–Trinajstić information content (AvgIpc) is 2.18. The molecule has 0 aliphatic carbocycles. The molecule has 1 aromatic heterocycles.